The molecule has 6 heteroatoms. The zero-order chi connectivity index (χ0) is 12.8. The Balaban J connectivity index is 3.06. The largest absolute Gasteiger partial charge is 0.468 e. The molecule has 1 heterocycles. The number of rotatable bonds is 4. The molecule has 0 aliphatic heterocycles. The summed E-state index contributed by atoms with van der Waals surface area (Å²) in [6, 6.07) is 3.60. The minimum atomic E-state index is -0.381. The second kappa shape index (κ2) is 5.80. The number of anilines is 1. The Kier molecular flexibility index (Phi) is 4.40. The predicted octanol–water partition coefficient (Wildman–Crippen LogP) is 0.736. The van der Waals surface area contributed by atoms with E-state index in [0.717, 1.165) is 0 Å². The van der Waals surface area contributed by atoms with Crippen LogP contribution in [0.25, 0.3) is 0 Å². The van der Waals surface area contributed by atoms with Crippen LogP contribution >= 0.6 is 0 Å². The van der Waals surface area contributed by atoms with Crippen molar-refractivity contribution in [2.75, 3.05) is 18.6 Å². The number of hydrogen-bond acceptors (Lipinski definition) is 6. The van der Waals surface area contributed by atoms with Crippen LogP contribution in [0.2, 0.25) is 0 Å². The maximum absolute atomic E-state index is 11.3. The Labute approximate surface area is 99.8 Å². The summed E-state index contributed by atoms with van der Waals surface area (Å²) < 4.78 is 4.61. The summed E-state index contributed by atoms with van der Waals surface area (Å²) in [5.41, 5.74) is 0.387. The Morgan fingerprint density at radius 3 is 2.88 bits per heavy atom. The fourth-order valence-electron chi connectivity index (χ4n) is 1.33. The maximum atomic E-state index is 11.3. The van der Waals surface area contributed by atoms with Gasteiger partial charge in [0.2, 0.25) is 0 Å². The highest BCUT2D eigenvalue weighted by atomic mass is 16.5. The third kappa shape index (κ3) is 3.14. The van der Waals surface area contributed by atoms with Crippen molar-refractivity contribution in [2.45, 2.75) is 19.9 Å². The molecule has 0 aliphatic rings. The number of aromatic nitrogens is 2. The first-order chi connectivity index (χ1) is 8.10. The van der Waals surface area contributed by atoms with Crippen LogP contribution in [0.4, 0.5) is 5.82 Å². The summed E-state index contributed by atoms with van der Waals surface area (Å²) in [7, 11) is 1.32. The molecular formula is C11H14N4O2. The number of nitrogens with zero attached hydrogens (tertiary/aromatic N) is 4. The standard InChI is InChI=1S/C11H14N4O2/c1-8(2)15(7-10(16)17-3)11-9(6-12)4-5-13-14-11/h4-5,8H,7H2,1-3H3. The summed E-state index contributed by atoms with van der Waals surface area (Å²) in [4.78, 5) is 13.0. The fraction of sp³-hybridized carbons (Fsp3) is 0.455. The molecule has 0 spiro atoms. The maximum Gasteiger partial charge on any atom is 0.325 e. The van der Waals surface area contributed by atoms with Crippen LogP contribution in [-0.2, 0) is 9.53 Å². The number of carbonyl (C=O) groups excluding carboxylic acids is 1. The van der Waals surface area contributed by atoms with Crippen molar-refractivity contribution in [3.8, 4) is 6.07 Å². The third-order valence-corrected chi connectivity index (χ3v) is 2.24. The van der Waals surface area contributed by atoms with Crippen LogP contribution in [0.1, 0.15) is 19.4 Å². The van der Waals surface area contributed by atoms with Crippen molar-refractivity contribution in [3.63, 3.8) is 0 Å². The van der Waals surface area contributed by atoms with E-state index in [9.17, 15) is 4.79 Å². The lowest BCUT2D eigenvalue weighted by atomic mass is 10.2. The highest BCUT2D eigenvalue weighted by Gasteiger charge is 2.19. The van der Waals surface area contributed by atoms with Gasteiger partial charge in [0.15, 0.2) is 5.82 Å². The second-order valence-corrected chi connectivity index (χ2v) is 3.68. The van der Waals surface area contributed by atoms with Crippen LogP contribution in [0.15, 0.2) is 12.3 Å². The third-order valence-electron chi connectivity index (χ3n) is 2.24. The van der Waals surface area contributed by atoms with Crippen molar-refractivity contribution in [3.05, 3.63) is 17.8 Å². The molecule has 0 radical (unpaired) electrons. The molecule has 17 heavy (non-hydrogen) atoms. The molecule has 0 bridgehead atoms. The molecule has 0 unspecified atom stereocenters. The first-order valence-electron chi connectivity index (χ1n) is 5.15. The second-order valence-electron chi connectivity index (χ2n) is 3.68. The Morgan fingerprint density at radius 2 is 2.35 bits per heavy atom. The molecule has 1 rings (SSSR count). The number of ether oxygens (including phenoxy) is 1. The van der Waals surface area contributed by atoms with Crippen molar-refractivity contribution < 1.29 is 9.53 Å². The van der Waals surface area contributed by atoms with E-state index in [2.05, 4.69) is 14.9 Å². The van der Waals surface area contributed by atoms with Gasteiger partial charge in [-0.05, 0) is 19.9 Å². The highest BCUT2D eigenvalue weighted by molar-refractivity contribution is 5.76. The summed E-state index contributed by atoms with van der Waals surface area (Å²) >= 11 is 0. The number of carbonyl (C=O) groups is 1. The van der Waals surface area contributed by atoms with Crippen LogP contribution in [-0.4, -0.2) is 35.9 Å². The van der Waals surface area contributed by atoms with Crippen molar-refractivity contribution in [2.24, 2.45) is 0 Å². The number of esters is 1. The number of methoxy groups -OCH3 is 1. The van der Waals surface area contributed by atoms with Crippen molar-refractivity contribution in [1.82, 2.24) is 10.2 Å². The molecule has 90 valence electrons. The van der Waals surface area contributed by atoms with Crippen LogP contribution in [0, 0.1) is 11.3 Å². The van der Waals surface area contributed by atoms with Gasteiger partial charge >= 0.3 is 5.97 Å². The molecule has 1 aromatic rings. The smallest absolute Gasteiger partial charge is 0.325 e. The number of hydrogen-bond donors (Lipinski definition) is 0. The molecule has 6 nitrogen and oxygen atoms in total. The molecule has 0 N–H and O–H groups in total. The van der Waals surface area contributed by atoms with Gasteiger partial charge in [-0.2, -0.15) is 10.4 Å². The summed E-state index contributed by atoms with van der Waals surface area (Å²) in [6.45, 7) is 3.85. The van der Waals surface area contributed by atoms with Gasteiger partial charge in [-0.1, -0.05) is 0 Å². The van der Waals surface area contributed by atoms with E-state index < -0.39 is 0 Å². The summed E-state index contributed by atoms with van der Waals surface area (Å²) in [6.07, 6.45) is 1.44. The molecular weight excluding hydrogens is 220 g/mol. The van der Waals surface area contributed by atoms with E-state index in [-0.39, 0.29) is 18.6 Å². The zero-order valence-corrected chi connectivity index (χ0v) is 10.0. The van der Waals surface area contributed by atoms with Gasteiger partial charge in [0.1, 0.15) is 12.6 Å². The van der Waals surface area contributed by atoms with Crippen molar-refractivity contribution in [1.29, 1.82) is 5.26 Å². The van der Waals surface area contributed by atoms with Crippen molar-refractivity contribution >= 4 is 11.8 Å². The lowest BCUT2D eigenvalue weighted by Gasteiger charge is -2.26. The number of nitriles is 1. The van der Waals surface area contributed by atoms with Crippen LogP contribution in [0.5, 0.6) is 0 Å². The summed E-state index contributed by atoms with van der Waals surface area (Å²) in [5, 5.41) is 16.6. The van der Waals surface area contributed by atoms with E-state index in [1.807, 2.05) is 19.9 Å². The van der Waals surface area contributed by atoms with Gasteiger partial charge in [0, 0.05) is 6.04 Å². The van der Waals surface area contributed by atoms with Gasteiger partial charge < -0.3 is 9.64 Å². The SMILES string of the molecule is COC(=O)CN(c1nnccc1C#N)C(C)C. The van der Waals surface area contributed by atoms with Gasteiger partial charge in [-0.15, -0.1) is 5.10 Å². The average molecular weight is 234 g/mol. The summed E-state index contributed by atoms with van der Waals surface area (Å²) in [5.74, 6) is 0.0173. The quantitative estimate of drug-likeness (QED) is 0.715. The molecule has 0 saturated heterocycles. The normalized spacial score (nSPS) is 9.82. The topological polar surface area (TPSA) is 79.1 Å². The highest BCUT2D eigenvalue weighted by Crippen LogP contribution is 2.17. The Morgan fingerprint density at radius 1 is 1.65 bits per heavy atom. The van der Waals surface area contributed by atoms with Gasteiger partial charge in [-0.3, -0.25) is 4.79 Å². The van der Waals surface area contributed by atoms with Gasteiger partial charge in [0.25, 0.3) is 0 Å². The molecule has 0 saturated carbocycles. The first-order valence-corrected chi connectivity index (χ1v) is 5.15. The molecule has 0 aromatic carbocycles. The van der Waals surface area contributed by atoms with E-state index in [1.54, 1.807) is 11.0 Å². The molecule has 0 atom stereocenters. The molecule has 0 amide bonds. The lowest BCUT2D eigenvalue weighted by molar-refractivity contribution is -0.139. The molecule has 0 fully saturated rings. The van der Waals surface area contributed by atoms with E-state index in [4.69, 9.17) is 5.26 Å². The average Bonchev–Trinajstić information content (AvgIpc) is 2.35. The minimum absolute atomic E-state index is 0.0119. The monoisotopic (exact) mass is 234 g/mol. The van der Waals surface area contributed by atoms with E-state index >= 15 is 0 Å². The zero-order valence-electron chi connectivity index (χ0n) is 10.0. The van der Waals surface area contributed by atoms with E-state index in [0.29, 0.717) is 11.4 Å². The minimum Gasteiger partial charge on any atom is -0.468 e. The Bertz CT molecular complexity index is 439. The predicted molar refractivity (Wildman–Crippen MR) is 61.2 cm³/mol. The Hall–Kier alpha value is -2.16. The molecule has 1 aromatic heterocycles. The molecule has 0 aliphatic carbocycles. The first kappa shape index (κ1) is 12.9. The van der Waals surface area contributed by atoms with E-state index in [1.165, 1.54) is 13.3 Å². The van der Waals surface area contributed by atoms with Gasteiger partial charge in [0.05, 0.1) is 18.9 Å². The fourth-order valence-corrected chi connectivity index (χ4v) is 1.33. The lowest BCUT2D eigenvalue weighted by Crippen LogP contribution is -2.37. The van der Waals surface area contributed by atoms with Crippen LogP contribution < -0.4 is 4.90 Å². The van der Waals surface area contributed by atoms with Crippen LogP contribution in [0.3, 0.4) is 0 Å². The van der Waals surface area contributed by atoms with Gasteiger partial charge in [-0.25, -0.2) is 0 Å².